The Hall–Kier alpha value is -1.26. The molecule has 102 valence electrons. The predicted molar refractivity (Wildman–Crippen MR) is 70.1 cm³/mol. The Balaban J connectivity index is 3.03. The third-order valence-corrected chi connectivity index (χ3v) is 2.65. The molecular formula is C14H22O4. The smallest absolute Gasteiger partial charge is 0.197 e. The molecule has 0 fully saturated rings. The molecule has 1 aromatic carbocycles. The topological polar surface area (TPSA) is 47.9 Å². The maximum absolute atomic E-state index is 9.60. The fraction of sp³-hybridized carbons (Fsp3) is 0.571. The fourth-order valence-electron chi connectivity index (χ4n) is 1.75. The number of methoxy groups -OCH3 is 1. The highest BCUT2D eigenvalue weighted by Crippen LogP contribution is 2.35. The summed E-state index contributed by atoms with van der Waals surface area (Å²) < 4.78 is 16.4. The summed E-state index contributed by atoms with van der Waals surface area (Å²) in [5.41, 5.74) is 1.72. The summed E-state index contributed by atoms with van der Waals surface area (Å²) in [5, 5.41) is 9.60. The van der Waals surface area contributed by atoms with Crippen molar-refractivity contribution in [2.24, 2.45) is 0 Å². The van der Waals surface area contributed by atoms with Crippen molar-refractivity contribution in [2.75, 3.05) is 13.7 Å². The number of aryl methyl sites for hydroxylation is 1. The van der Waals surface area contributed by atoms with Gasteiger partial charge in [0.25, 0.3) is 0 Å². The minimum atomic E-state index is -0.532. The van der Waals surface area contributed by atoms with Gasteiger partial charge in [-0.3, -0.25) is 0 Å². The van der Waals surface area contributed by atoms with Crippen molar-refractivity contribution in [3.05, 3.63) is 23.3 Å². The number of benzene rings is 1. The summed E-state index contributed by atoms with van der Waals surface area (Å²) in [7, 11) is 1.58. The molecule has 0 amide bonds. The first-order valence-corrected chi connectivity index (χ1v) is 6.14. The Kier molecular flexibility index (Phi) is 5.44. The second kappa shape index (κ2) is 6.61. The third-order valence-electron chi connectivity index (χ3n) is 2.65. The average Bonchev–Trinajstić information content (AvgIpc) is 2.31. The van der Waals surface area contributed by atoms with Gasteiger partial charge >= 0.3 is 0 Å². The summed E-state index contributed by atoms with van der Waals surface area (Å²) in [6.07, 6.45) is -0.865. The summed E-state index contributed by atoms with van der Waals surface area (Å²) in [6.45, 7) is 7.99. The largest absolute Gasteiger partial charge is 0.493 e. The van der Waals surface area contributed by atoms with Gasteiger partial charge in [0.2, 0.25) is 0 Å². The highest BCUT2D eigenvalue weighted by atomic mass is 16.7. The van der Waals surface area contributed by atoms with Crippen LogP contribution in [-0.2, 0) is 4.74 Å². The van der Waals surface area contributed by atoms with E-state index in [-0.39, 0.29) is 6.29 Å². The molecule has 1 aromatic rings. The van der Waals surface area contributed by atoms with Gasteiger partial charge < -0.3 is 19.3 Å². The van der Waals surface area contributed by atoms with E-state index in [1.165, 1.54) is 0 Å². The number of hydrogen-bond donors (Lipinski definition) is 1. The first-order valence-electron chi connectivity index (χ1n) is 6.14. The molecule has 0 aliphatic carbocycles. The Bertz CT molecular complexity index is 388. The van der Waals surface area contributed by atoms with Crippen LogP contribution < -0.4 is 9.47 Å². The molecule has 0 saturated carbocycles. The van der Waals surface area contributed by atoms with Gasteiger partial charge in [-0.25, -0.2) is 0 Å². The van der Waals surface area contributed by atoms with Crippen molar-refractivity contribution in [1.29, 1.82) is 0 Å². The molecular weight excluding hydrogens is 232 g/mol. The van der Waals surface area contributed by atoms with Gasteiger partial charge in [0.1, 0.15) is 0 Å². The van der Waals surface area contributed by atoms with Crippen LogP contribution in [0, 0.1) is 6.92 Å². The van der Waals surface area contributed by atoms with E-state index in [0.717, 1.165) is 11.1 Å². The molecule has 1 N–H and O–H groups in total. The number of aliphatic hydroxyl groups is 1. The lowest BCUT2D eigenvalue weighted by molar-refractivity contribution is -0.0627. The van der Waals surface area contributed by atoms with Crippen molar-refractivity contribution in [2.45, 2.75) is 40.1 Å². The van der Waals surface area contributed by atoms with Crippen molar-refractivity contribution in [3.63, 3.8) is 0 Å². The molecule has 1 rings (SSSR count). The molecule has 18 heavy (non-hydrogen) atoms. The van der Waals surface area contributed by atoms with Crippen LogP contribution >= 0.6 is 0 Å². The second-order valence-electron chi connectivity index (χ2n) is 4.19. The third kappa shape index (κ3) is 3.62. The normalized spacial score (nSPS) is 14.1. The molecule has 0 aliphatic rings. The number of ether oxygens (including phenoxy) is 3. The molecule has 0 bridgehead atoms. The van der Waals surface area contributed by atoms with Crippen LogP contribution in [0.15, 0.2) is 12.1 Å². The predicted octanol–water partition coefficient (Wildman–Crippen LogP) is 2.82. The van der Waals surface area contributed by atoms with Gasteiger partial charge in [-0.15, -0.1) is 0 Å². The highest BCUT2D eigenvalue weighted by molar-refractivity contribution is 5.49. The summed E-state index contributed by atoms with van der Waals surface area (Å²) in [5.74, 6) is 1.26. The Morgan fingerprint density at radius 2 is 1.94 bits per heavy atom. The number of aliphatic hydroxyl groups excluding tert-OH is 1. The molecule has 0 aliphatic heterocycles. The lowest BCUT2D eigenvalue weighted by Crippen LogP contribution is -2.17. The Morgan fingerprint density at radius 1 is 1.28 bits per heavy atom. The average molecular weight is 254 g/mol. The summed E-state index contributed by atoms with van der Waals surface area (Å²) in [4.78, 5) is 0. The van der Waals surface area contributed by atoms with Crippen LogP contribution in [0.5, 0.6) is 11.5 Å². The van der Waals surface area contributed by atoms with E-state index < -0.39 is 6.10 Å². The van der Waals surface area contributed by atoms with Crippen molar-refractivity contribution >= 4 is 0 Å². The van der Waals surface area contributed by atoms with E-state index in [9.17, 15) is 5.11 Å². The summed E-state index contributed by atoms with van der Waals surface area (Å²) >= 11 is 0. The Morgan fingerprint density at radius 3 is 2.44 bits per heavy atom. The summed E-state index contributed by atoms with van der Waals surface area (Å²) in [6, 6.07) is 3.67. The number of rotatable bonds is 6. The van der Waals surface area contributed by atoms with Crippen LogP contribution in [0.25, 0.3) is 0 Å². The maximum atomic E-state index is 9.60. The minimum Gasteiger partial charge on any atom is -0.493 e. The fourth-order valence-corrected chi connectivity index (χ4v) is 1.75. The van der Waals surface area contributed by atoms with E-state index in [1.807, 2.05) is 26.8 Å². The standard InChI is InChI=1S/C14H22O4/c1-6-17-11(4)18-14-9(2)7-12(10(3)15)8-13(14)16-5/h7-8,10-11,15H,6H2,1-5H3. The van der Waals surface area contributed by atoms with Gasteiger partial charge in [0.05, 0.1) is 13.2 Å². The lowest BCUT2D eigenvalue weighted by Gasteiger charge is -2.20. The number of hydrogen-bond acceptors (Lipinski definition) is 4. The molecule has 0 heterocycles. The van der Waals surface area contributed by atoms with E-state index in [4.69, 9.17) is 14.2 Å². The van der Waals surface area contributed by atoms with Crippen LogP contribution in [0.3, 0.4) is 0 Å². The first kappa shape index (κ1) is 14.8. The first-order chi connectivity index (χ1) is 8.49. The molecule has 2 unspecified atom stereocenters. The van der Waals surface area contributed by atoms with Crippen LogP contribution in [0.1, 0.15) is 38.0 Å². The van der Waals surface area contributed by atoms with E-state index >= 15 is 0 Å². The zero-order valence-electron chi connectivity index (χ0n) is 11.7. The molecule has 2 atom stereocenters. The van der Waals surface area contributed by atoms with Gasteiger partial charge in [0.15, 0.2) is 17.8 Å². The zero-order chi connectivity index (χ0) is 13.7. The molecule has 0 spiro atoms. The highest BCUT2D eigenvalue weighted by Gasteiger charge is 2.15. The quantitative estimate of drug-likeness (QED) is 0.793. The molecule has 0 saturated heterocycles. The van der Waals surface area contributed by atoms with Crippen LogP contribution in [-0.4, -0.2) is 25.1 Å². The molecule has 0 radical (unpaired) electrons. The molecule has 4 nitrogen and oxygen atoms in total. The van der Waals surface area contributed by atoms with Crippen LogP contribution in [0.4, 0.5) is 0 Å². The van der Waals surface area contributed by atoms with Crippen molar-refractivity contribution in [1.82, 2.24) is 0 Å². The monoisotopic (exact) mass is 254 g/mol. The SMILES string of the molecule is CCOC(C)Oc1c(C)cc(C(C)O)cc1OC. The Labute approximate surface area is 108 Å². The van der Waals surface area contributed by atoms with E-state index in [0.29, 0.717) is 18.1 Å². The lowest BCUT2D eigenvalue weighted by atomic mass is 10.1. The van der Waals surface area contributed by atoms with Crippen molar-refractivity contribution in [3.8, 4) is 11.5 Å². The van der Waals surface area contributed by atoms with Gasteiger partial charge in [-0.1, -0.05) is 0 Å². The molecule has 4 heteroatoms. The maximum Gasteiger partial charge on any atom is 0.197 e. The van der Waals surface area contributed by atoms with Gasteiger partial charge in [-0.2, -0.15) is 0 Å². The van der Waals surface area contributed by atoms with Gasteiger partial charge in [-0.05, 0) is 51.0 Å². The van der Waals surface area contributed by atoms with Crippen molar-refractivity contribution < 1.29 is 19.3 Å². The molecule has 0 aromatic heterocycles. The zero-order valence-corrected chi connectivity index (χ0v) is 11.7. The van der Waals surface area contributed by atoms with Gasteiger partial charge in [0, 0.05) is 6.61 Å². The van der Waals surface area contributed by atoms with E-state index in [2.05, 4.69) is 0 Å². The second-order valence-corrected chi connectivity index (χ2v) is 4.19. The van der Waals surface area contributed by atoms with E-state index in [1.54, 1.807) is 20.1 Å². The van der Waals surface area contributed by atoms with Crippen LogP contribution in [0.2, 0.25) is 0 Å². The minimum absolute atomic E-state index is 0.333.